The second-order valence-corrected chi connectivity index (χ2v) is 5.62. The lowest BCUT2D eigenvalue weighted by Gasteiger charge is -2.21. The molecule has 0 aliphatic rings. The molecule has 4 N–H and O–H groups in total. The largest absolute Gasteiger partial charge is 0.376 e. The van der Waals surface area contributed by atoms with E-state index >= 15 is 0 Å². The predicted molar refractivity (Wildman–Crippen MR) is 94.7 cm³/mol. The summed E-state index contributed by atoms with van der Waals surface area (Å²) in [6.45, 7) is 0.580. The maximum Gasteiger partial charge on any atom is 0.250 e. The molecule has 0 radical (unpaired) electrons. The normalized spacial score (nSPS) is 12.1. The van der Waals surface area contributed by atoms with Gasteiger partial charge in [0.05, 0.1) is 17.1 Å². The van der Waals surface area contributed by atoms with Crippen molar-refractivity contribution in [3.8, 4) is 0 Å². The van der Waals surface area contributed by atoms with Gasteiger partial charge >= 0.3 is 0 Å². The lowest BCUT2D eigenvalue weighted by molar-refractivity contribution is 0.100. The molecule has 0 bridgehead atoms. The van der Waals surface area contributed by atoms with E-state index < -0.39 is 5.91 Å². The van der Waals surface area contributed by atoms with Crippen LogP contribution in [0.25, 0.3) is 10.9 Å². The van der Waals surface area contributed by atoms with Crippen molar-refractivity contribution in [2.45, 2.75) is 6.04 Å². The zero-order valence-electron chi connectivity index (χ0n) is 13.7. The molecule has 7 heteroatoms. The summed E-state index contributed by atoms with van der Waals surface area (Å²) in [5, 5.41) is 7.14. The second-order valence-electron chi connectivity index (χ2n) is 5.62. The number of carbonyl (C=O) groups excluding carboxylic acids is 1. The van der Waals surface area contributed by atoms with Gasteiger partial charge < -0.3 is 16.4 Å². The average Bonchev–Trinajstić information content (AvgIpc) is 2.61. The summed E-state index contributed by atoms with van der Waals surface area (Å²) >= 11 is 0. The Morgan fingerprint density at radius 3 is 2.88 bits per heavy atom. The number of fused-ring (bicyclic) bond motifs is 1. The molecule has 0 spiro atoms. The summed E-state index contributed by atoms with van der Waals surface area (Å²) in [7, 11) is 1.82. The van der Waals surface area contributed by atoms with Gasteiger partial charge in [0.15, 0.2) is 0 Å². The molecule has 3 aromatic rings. The highest BCUT2D eigenvalue weighted by Gasteiger charge is 2.16. The van der Waals surface area contributed by atoms with Crippen LogP contribution in [0.15, 0.2) is 48.9 Å². The fraction of sp³-hybridized carbons (Fsp3) is 0.167. The van der Waals surface area contributed by atoms with Gasteiger partial charge in [0.1, 0.15) is 12.1 Å². The fourth-order valence-electron chi connectivity index (χ4n) is 2.77. The molecule has 0 saturated carbocycles. The van der Waals surface area contributed by atoms with Crippen molar-refractivity contribution in [1.29, 1.82) is 0 Å². The lowest BCUT2D eigenvalue weighted by atomic mass is 10.0. The minimum absolute atomic E-state index is 0.177. The first-order valence-corrected chi connectivity index (χ1v) is 7.79. The lowest BCUT2D eigenvalue weighted by Crippen LogP contribution is -2.24. The highest BCUT2D eigenvalue weighted by atomic mass is 19.1. The number of halogens is 1. The molecule has 1 heterocycles. The van der Waals surface area contributed by atoms with Crippen molar-refractivity contribution in [3.05, 3.63) is 65.9 Å². The molecule has 0 unspecified atom stereocenters. The number of primary amides is 1. The Hall–Kier alpha value is -3.06. The number of nitrogens with one attached hydrogen (secondary N) is 2. The third-order valence-electron chi connectivity index (χ3n) is 3.93. The number of hydrogen-bond acceptors (Lipinski definition) is 5. The third-order valence-corrected chi connectivity index (χ3v) is 3.93. The van der Waals surface area contributed by atoms with Crippen molar-refractivity contribution in [3.63, 3.8) is 0 Å². The molecule has 0 saturated heterocycles. The summed E-state index contributed by atoms with van der Waals surface area (Å²) < 4.78 is 13.6. The van der Waals surface area contributed by atoms with Crippen LogP contribution in [0.3, 0.4) is 0 Å². The number of amides is 1. The van der Waals surface area contributed by atoms with Crippen LogP contribution in [-0.2, 0) is 0 Å². The highest BCUT2D eigenvalue weighted by Crippen LogP contribution is 2.28. The van der Waals surface area contributed by atoms with Gasteiger partial charge in [0, 0.05) is 23.8 Å². The molecule has 1 atom stereocenters. The molecule has 25 heavy (non-hydrogen) atoms. The monoisotopic (exact) mass is 339 g/mol. The Balaban J connectivity index is 2.03. The molecule has 0 aliphatic heterocycles. The highest BCUT2D eigenvalue weighted by molar-refractivity contribution is 6.07. The number of aromatic nitrogens is 2. The summed E-state index contributed by atoms with van der Waals surface area (Å²) in [5.74, 6) is -0.843. The Bertz CT molecular complexity index is 915. The molecular weight excluding hydrogens is 321 g/mol. The smallest absolute Gasteiger partial charge is 0.250 e. The van der Waals surface area contributed by atoms with Gasteiger partial charge in [-0.1, -0.05) is 12.1 Å². The minimum Gasteiger partial charge on any atom is -0.376 e. The van der Waals surface area contributed by atoms with E-state index in [4.69, 9.17) is 5.73 Å². The summed E-state index contributed by atoms with van der Waals surface area (Å²) in [5.41, 5.74) is 7.77. The third kappa shape index (κ3) is 3.56. The zero-order valence-corrected chi connectivity index (χ0v) is 13.7. The van der Waals surface area contributed by atoms with Crippen LogP contribution in [0.4, 0.5) is 10.1 Å². The first kappa shape index (κ1) is 16.8. The van der Waals surface area contributed by atoms with Crippen molar-refractivity contribution < 1.29 is 9.18 Å². The van der Waals surface area contributed by atoms with E-state index in [0.717, 1.165) is 11.3 Å². The predicted octanol–water partition coefficient (Wildman–Crippen LogP) is 2.24. The molecule has 1 aromatic heterocycles. The van der Waals surface area contributed by atoms with Gasteiger partial charge in [-0.05, 0) is 36.9 Å². The van der Waals surface area contributed by atoms with Gasteiger partial charge in [-0.25, -0.2) is 14.4 Å². The maximum absolute atomic E-state index is 13.6. The van der Waals surface area contributed by atoms with Crippen molar-refractivity contribution in [1.82, 2.24) is 15.3 Å². The molecule has 0 fully saturated rings. The van der Waals surface area contributed by atoms with Gasteiger partial charge in [-0.15, -0.1) is 0 Å². The van der Waals surface area contributed by atoms with Crippen LogP contribution in [0.2, 0.25) is 0 Å². The number of anilines is 1. The maximum atomic E-state index is 13.6. The van der Waals surface area contributed by atoms with E-state index in [9.17, 15) is 9.18 Å². The molecule has 0 aliphatic carbocycles. The van der Waals surface area contributed by atoms with Crippen LogP contribution < -0.4 is 16.4 Å². The minimum atomic E-state index is -0.549. The summed E-state index contributed by atoms with van der Waals surface area (Å²) in [4.78, 5) is 19.8. The summed E-state index contributed by atoms with van der Waals surface area (Å²) in [6.07, 6.45) is 3.00. The zero-order chi connectivity index (χ0) is 17.8. The van der Waals surface area contributed by atoms with Gasteiger partial charge in [0.25, 0.3) is 5.91 Å². The number of likely N-dealkylation sites (N-methyl/N-ethyl adjacent to an activating group) is 1. The number of nitrogens with two attached hydrogens (primary N) is 1. The van der Waals surface area contributed by atoms with Gasteiger partial charge in [-0.3, -0.25) is 4.79 Å². The first-order valence-electron chi connectivity index (χ1n) is 7.79. The number of hydrogen-bond donors (Lipinski definition) is 3. The molecule has 128 valence electrons. The van der Waals surface area contributed by atoms with E-state index in [1.807, 2.05) is 13.1 Å². The van der Waals surface area contributed by atoms with Gasteiger partial charge in [0.2, 0.25) is 0 Å². The molecule has 2 aromatic carbocycles. The first-order chi connectivity index (χ1) is 12.1. The SMILES string of the molecule is CNC[C@@H](Nc1ccc(C(N)=O)c2ncncc12)c1cccc(F)c1. The molecule has 6 nitrogen and oxygen atoms in total. The average molecular weight is 339 g/mol. The van der Waals surface area contributed by atoms with E-state index in [-0.39, 0.29) is 11.9 Å². The molecule has 3 rings (SSSR count). The van der Waals surface area contributed by atoms with Crippen molar-refractivity contribution in [2.75, 3.05) is 18.9 Å². The number of carbonyl (C=O) groups is 1. The number of rotatable bonds is 6. The Morgan fingerprint density at radius 2 is 2.16 bits per heavy atom. The van der Waals surface area contributed by atoms with Crippen LogP contribution in [-0.4, -0.2) is 29.5 Å². The van der Waals surface area contributed by atoms with Crippen LogP contribution >= 0.6 is 0 Å². The van der Waals surface area contributed by atoms with Crippen LogP contribution in [0, 0.1) is 5.82 Å². The van der Waals surface area contributed by atoms with E-state index in [1.54, 1.807) is 24.4 Å². The fourth-order valence-corrected chi connectivity index (χ4v) is 2.77. The number of benzene rings is 2. The molecular formula is C18H18FN5O. The van der Waals surface area contributed by atoms with E-state index in [0.29, 0.717) is 23.0 Å². The topological polar surface area (TPSA) is 92.9 Å². The van der Waals surface area contributed by atoms with Crippen LogP contribution in [0.1, 0.15) is 22.0 Å². The second kappa shape index (κ2) is 7.23. The Labute approximate surface area is 144 Å². The van der Waals surface area contributed by atoms with E-state index in [1.165, 1.54) is 18.5 Å². The quantitative estimate of drug-likeness (QED) is 0.640. The van der Waals surface area contributed by atoms with Crippen LogP contribution in [0.5, 0.6) is 0 Å². The number of nitrogens with zero attached hydrogens (tertiary/aromatic N) is 2. The van der Waals surface area contributed by atoms with Crippen molar-refractivity contribution in [2.24, 2.45) is 5.73 Å². The molecule has 1 amide bonds. The standard InChI is InChI=1S/C18H18FN5O/c1-21-9-16(11-3-2-4-12(19)7-11)24-15-6-5-13(18(20)25)17-14(15)8-22-10-23-17/h2-8,10,16,21,24H,9H2,1H3,(H2,20,25)/t16-/m1/s1. The Morgan fingerprint density at radius 1 is 1.32 bits per heavy atom. The van der Waals surface area contributed by atoms with Crippen molar-refractivity contribution >= 4 is 22.5 Å². The summed E-state index contributed by atoms with van der Waals surface area (Å²) in [6, 6.07) is 9.64. The van der Waals surface area contributed by atoms with E-state index in [2.05, 4.69) is 20.6 Å². The van der Waals surface area contributed by atoms with Gasteiger partial charge in [-0.2, -0.15) is 0 Å². The Kier molecular flexibility index (Phi) is 4.85.